The number of alkyl halides is 1. The van der Waals surface area contributed by atoms with E-state index < -0.39 is 11.4 Å². The van der Waals surface area contributed by atoms with E-state index in [0.717, 1.165) is 23.0 Å². The largest absolute Gasteiger partial charge is 0.292 e. The fourth-order valence-corrected chi connectivity index (χ4v) is 3.27. The number of halogens is 1. The van der Waals surface area contributed by atoms with E-state index in [9.17, 15) is 9.18 Å². The molecule has 0 aliphatic carbocycles. The SMILES string of the molecule is O=C1[C@H](F)S[C@H](c2ccccc2)N1c1ccccc1. The monoisotopic (exact) mass is 273 g/mol. The predicted molar refractivity (Wildman–Crippen MR) is 75.6 cm³/mol. The maximum Gasteiger partial charge on any atom is 0.273 e. The topological polar surface area (TPSA) is 20.3 Å². The van der Waals surface area contributed by atoms with Crippen molar-refractivity contribution < 1.29 is 9.18 Å². The lowest BCUT2D eigenvalue weighted by molar-refractivity contribution is -0.120. The van der Waals surface area contributed by atoms with Gasteiger partial charge in [0, 0.05) is 5.69 Å². The van der Waals surface area contributed by atoms with Crippen molar-refractivity contribution in [1.29, 1.82) is 0 Å². The van der Waals surface area contributed by atoms with Crippen LogP contribution in [0.5, 0.6) is 0 Å². The molecular weight excluding hydrogens is 261 g/mol. The van der Waals surface area contributed by atoms with Crippen molar-refractivity contribution in [3.63, 3.8) is 0 Å². The third-order valence-electron chi connectivity index (χ3n) is 3.03. The van der Waals surface area contributed by atoms with Gasteiger partial charge >= 0.3 is 0 Å². The average Bonchev–Trinajstić information content (AvgIpc) is 2.77. The number of amides is 1. The first-order valence-electron chi connectivity index (χ1n) is 6.00. The highest BCUT2D eigenvalue weighted by Crippen LogP contribution is 2.45. The standard InChI is InChI=1S/C15H12FNOS/c16-13-14(18)17(12-9-5-2-6-10-12)15(19-13)11-7-3-1-4-8-11/h1-10,13,15H/t13-,15-/m1/s1. The lowest BCUT2D eigenvalue weighted by Gasteiger charge is -2.23. The second-order valence-electron chi connectivity index (χ2n) is 4.26. The van der Waals surface area contributed by atoms with Gasteiger partial charge in [-0.15, -0.1) is 0 Å². The molecule has 1 aliphatic rings. The molecule has 0 saturated carbocycles. The number of para-hydroxylation sites is 1. The van der Waals surface area contributed by atoms with Gasteiger partial charge in [0.25, 0.3) is 5.91 Å². The molecule has 0 radical (unpaired) electrons. The fraction of sp³-hybridized carbons (Fsp3) is 0.133. The molecule has 19 heavy (non-hydrogen) atoms. The van der Waals surface area contributed by atoms with Crippen LogP contribution in [-0.4, -0.2) is 11.4 Å². The highest BCUT2D eigenvalue weighted by molar-refractivity contribution is 8.01. The van der Waals surface area contributed by atoms with E-state index in [0.29, 0.717) is 0 Å². The van der Waals surface area contributed by atoms with Crippen molar-refractivity contribution in [3.05, 3.63) is 66.2 Å². The van der Waals surface area contributed by atoms with Gasteiger partial charge in [0.05, 0.1) is 0 Å². The summed E-state index contributed by atoms with van der Waals surface area (Å²) < 4.78 is 13.8. The van der Waals surface area contributed by atoms with Crippen LogP contribution in [0.1, 0.15) is 10.9 Å². The Hall–Kier alpha value is -1.81. The number of thioether (sulfide) groups is 1. The summed E-state index contributed by atoms with van der Waals surface area (Å²) in [7, 11) is 0. The van der Waals surface area contributed by atoms with E-state index in [-0.39, 0.29) is 5.37 Å². The molecule has 0 aromatic heterocycles. The van der Waals surface area contributed by atoms with Crippen LogP contribution in [0.4, 0.5) is 10.1 Å². The van der Waals surface area contributed by atoms with Crippen molar-refractivity contribution in [2.75, 3.05) is 4.90 Å². The van der Waals surface area contributed by atoms with E-state index in [1.807, 2.05) is 60.7 Å². The van der Waals surface area contributed by atoms with Crippen LogP contribution in [-0.2, 0) is 4.79 Å². The molecule has 96 valence electrons. The molecule has 2 atom stereocenters. The maximum atomic E-state index is 13.8. The zero-order valence-electron chi connectivity index (χ0n) is 10.1. The molecule has 0 N–H and O–H groups in total. The Bertz CT molecular complexity index is 575. The van der Waals surface area contributed by atoms with Gasteiger partial charge in [-0.2, -0.15) is 0 Å². The summed E-state index contributed by atoms with van der Waals surface area (Å²) in [4.78, 5) is 13.6. The molecule has 1 amide bonds. The quantitative estimate of drug-likeness (QED) is 0.830. The molecule has 1 heterocycles. The third-order valence-corrected chi connectivity index (χ3v) is 4.21. The summed E-state index contributed by atoms with van der Waals surface area (Å²) in [6.07, 6.45) is 0. The second-order valence-corrected chi connectivity index (χ2v) is 5.39. The Morgan fingerprint density at radius 1 is 0.947 bits per heavy atom. The first-order valence-corrected chi connectivity index (χ1v) is 6.94. The van der Waals surface area contributed by atoms with E-state index >= 15 is 0 Å². The number of rotatable bonds is 2. The number of carbonyl (C=O) groups excluding carboxylic acids is 1. The minimum absolute atomic E-state index is 0.300. The first-order chi connectivity index (χ1) is 9.27. The van der Waals surface area contributed by atoms with Gasteiger partial charge in [-0.25, -0.2) is 4.39 Å². The minimum Gasteiger partial charge on any atom is -0.292 e. The number of hydrogen-bond donors (Lipinski definition) is 0. The van der Waals surface area contributed by atoms with E-state index in [1.54, 1.807) is 0 Å². The Balaban J connectivity index is 2.02. The summed E-state index contributed by atoms with van der Waals surface area (Å²) in [5.74, 6) is -0.481. The Labute approximate surface area is 115 Å². The van der Waals surface area contributed by atoms with Gasteiger partial charge in [-0.1, -0.05) is 60.3 Å². The van der Waals surface area contributed by atoms with Gasteiger partial charge in [0.2, 0.25) is 5.50 Å². The van der Waals surface area contributed by atoms with Crippen LogP contribution >= 0.6 is 11.8 Å². The van der Waals surface area contributed by atoms with E-state index in [4.69, 9.17) is 0 Å². The Morgan fingerprint density at radius 2 is 1.53 bits per heavy atom. The molecule has 1 fully saturated rings. The van der Waals surface area contributed by atoms with Crippen molar-refractivity contribution in [2.45, 2.75) is 10.9 Å². The molecule has 0 spiro atoms. The predicted octanol–water partition coefficient (Wildman–Crippen LogP) is 3.76. The van der Waals surface area contributed by atoms with Gasteiger partial charge in [-0.05, 0) is 17.7 Å². The first kappa shape index (κ1) is 12.2. The summed E-state index contributed by atoms with van der Waals surface area (Å²) in [6, 6.07) is 18.8. The number of hydrogen-bond acceptors (Lipinski definition) is 2. The van der Waals surface area contributed by atoms with Crippen molar-refractivity contribution in [2.24, 2.45) is 0 Å². The van der Waals surface area contributed by atoms with Crippen LogP contribution in [0.25, 0.3) is 0 Å². The summed E-state index contributed by atoms with van der Waals surface area (Å²) in [5.41, 5.74) is 0.171. The molecular formula is C15H12FNOS. The molecule has 1 saturated heterocycles. The average molecular weight is 273 g/mol. The number of anilines is 1. The van der Waals surface area contributed by atoms with Crippen LogP contribution in [0.3, 0.4) is 0 Å². The van der Waals surface area contributed by atoms with Crippen molar-refractivity contribution in [3.8, 4) is 0 Å². The molecule has 3 rings (SSSR count). The number of nitrogens with zero attached hydrogens (tertiary/aromatic N) is 1. The normalized spacial score (nSPS) is 22.8. The Kier molecular flexibility index (Phi) is 3.25. The fourth-order valence-electron chi connectivity index (χ4n) is 2.15. The molecule has 2 aromatic rings. The van der Waals surface area contributed by atoms with E-state index in [1.165, 1.54) is 4.90 Å². The number of benzene rings is 2. The highest BCUT2D eigenvalue weighted by atomic mass is 32.2. The van der Waals surface area contributed by atoms with Crippen molar-refractivity contribution >= 4 is 23.4 Å². The Morgan fingerprint density at radius 3 is 2.16 bits per heavy atom. The van der Waals surface area contributed by atoms with Gasteiger partial charge in [0.1, 0.15) is 5.37 Å². The summed E-state index contributed by atoms with van der Waals surface area (Å²) in [5, 5.41) is -0.300. The zero-order chi connectivity index (χ0) is 13.2. The summed E-state index contributed by atoms with van der Waals surface area (Å²) in [6.45, 7) is 0. The van der Waals surface area contributed by atoms with E-state index in [2.05, 4.69) is 0 Å². The molecule has 2 aromatic carbocycles. The minimum atomic E-state index is -1.49. The lowest BCUT2D eigenvalue weighted by atomic mass is 10.2. The zero-order valence-corrected chi connectivity index (χ0v) is 10.9. The second kappa shape index (κ2) is 5.05. The summed E-state index contributed by atoms with van der Waals surface area (Å²) >= 11 is 1.04. The van der Waals surface area contributed by atoms with Gasteiger partial charge in [-0.3, -0.25) is 9.69 Å². The molecule has 0 unspecified atom stereocenters. The van der Waals surface area contributed by atoms with Crippen molar-refractivity contribution in [1.82, 2.24) is 0 Å². The third kappa shape index (κ3) is 2.24. The van der Waals surface area contributed by atoms with Crippen LogP contribution in [0.2, 0.25) is 0 Å². The van der Waals surface area contributed by atoms with Crippen LogP contribution in [0.15, 0.2) is 60.7 Å². The van der Waals surface area contributed by atoms with Crippen LogP contribution in [0, 0.1) is 0 Å². The molecule has 4 heteroatoms. The van der Waals surface area contributed by atoms with Crippen LogP contribution < -0.4 is 4.90 Å². The molecule has 2 nitrogen and oxygen atoms in total. The molecule has 0 bridgehead atoms. The lowest BCUT2D eigenvalue weighted by Crippen LogP contribution is -2.29. The molecule has 1 aliphatic heterocycles. The smallest absolute Gasteiger partial charge is 0.273 e. The van der Waals surface area contributed by atoms with Gasteiger partial charge < -0.3 is 0 Å². The number of carbonyl (C=O) groups is 1. The maximum absolute atomic E-state index is 13.8. The highest BCUT2D eigenvalue weighted by Gasteiger charge is 2.42. The van der Waals surface area contributed by atoms with Gasteiger partial charge in [0.15, 0.2) is 0 Å².